The van der Waals surface area contributed by atoms with Gasteiger partial charge >= 0.3 is 0 Å². The van der Waals surface area contributed by atoms with Crippen molar-refractivity contribution in [3.63, 3.8) is 0 Å². The Balaban J connectivity index is 2.07. The van der Waals surface area contributed by atoms with Gasteiger partial charge in [-0.1, -0.05) is 28.4 Å². The van der Waals surface area contributed by atoms with E-state index in [9.17, 15) is 0 Å². The molecule has 9 heteroatoms. The number of aromatic amines is 1. The first-order chi connectivity index (χ1) is 7.25. The molecule has 15 heavy (non-hydrogen) atoms. The number of anilines is 1. The number of halogens is 2. The fourth-order valence-corrected chi connectivity index (χ4v) is 1.21. The van der Waals surface area contributed by atoms with Crippen LogP contribution in [-0.4, -0.2) is 30.8 Å². The zero-order chi connectivity index (χ0) is 10.7. The zero-order valence-corrected chi connectivity index (χ0v) is 8.79. The monoisotopic (exact) mass is 245 g/mol. The van der Waals surface area contributed by atoms with E-state index in [1.165, 1.54) is 0 Å². The second-order valence-corrected chi connectivity index (χ2v) is 3.30. The molecule has 78 valence electrons. The van der Waals surface area contributed by atoms with E-state index in [4.69, 9.17) is 23.2 Å². The summed E-state index contributed by atoms with van der Waals surface area (Å²) in [5.74, 6) is 0.513. The Bertz CT molecular complexity index is 443. The fourth-order valence-electron chi connectivity index (χ4n) is 0.909. The van der Waals surface area contributed by atoms with Crippen LogP contribution in [0.15, 0.2) is 6.07 Å². The zero-order valence-electron chi connectivity index (χ0n) is 7.28. The van der Waals surface area contributed by atoms with Gasteiger partial charge in [-0.2, -0.15) is 5.21 Å². The quantitative estimate of drug-likeness (QED) is 0.836. The van der Waals surface area contributed by atoms with Gasteiger partial charge in [0.05, 0.1) is 12.2 Å². The summed E-state index contributed by atoms with van der Waals surface area (Å²) in [6.45, 7) is 0.373. The maximum Gasteiger partial charge on any atom is 0.193 e. The number of nitrogens with zero attached hydrogens (tertiary/aromatic N) is 5. The van der Waals surface area contributed by atoms with E-state index in [2.05, 4.69) is 36.1 Å². The van der Waals surface area contributed by atoms with E-state index in [0.29, 0.717) is 18.1 Å². The smallest absolute Gasteiger partial charge is 0.193 e. The molecule has 7 nitrogen and oxygen atoms in total. The van der Waals surface area contributed by atoms with Gasteiger partial charge in [0.15, 0.2) is 16.1 Å². The van der Waals surface area contributed by atoms with Crippen LogP contribution in [0.2, 0.25) is 10.3 Å². The second kappa shape index (κ2) is 4.37. The van der Waals surface area contributed by atoms with E-state index in [-0.39, 0.29) is 10.3 Å². The van der Waals surface area contributed by atoms with Gasteiger partial charge < -0.3 is 5.32 Å². The molecule has 0 fully saturated rings. The van der Waals surface area contributed by atoms with Crippen molar-refractivity contribution in [2.24, 2.45) is 0 Å². The van der Waals surface area contributed by atoms with Crippen molar-refractivity contribution in [2.45, 2.75) is 6.54 Å². The highest BCUT2D eigenvalue weighted by molar-refractivity contribution is 6.33. The molecule has 0 amide bonds. The molecule has 0 saturated carbocycles. The summed E-state index contributed by atoms with van der Waals surface area (Å²) in [4.78, 5) is 0. The average Bonchev–Trinajstić information content (AvgIpc) is 2.72. The number of nitrogens with one attached hydrogen (secondary N) is 2. The van der Waals surface area contributed by atoms with Crippen LogP contribution in [0.1, 0.15) is 5.82 Å². The Morgan fingerprint density at radius 2 is 2.13 bits per heavy atom. The third-order valence-corrected chi connectivity index (χ3v) is 2.01. The lowest BCUT2D eigenvalue weighted by molar-refractivity contribution is 0.881. The summed E-state index contributed by atoms with van der Waals surface area (Å²) in [7, 11) is 0. The molecular weight excluding hydrogens is 241 g/mol. The first kappa shape index (κ1) is 10.1. The summed E-state index contributed by atoms with van der Waals surface area (Å²) >= 11 is 11.4. The fraction of sp³-hybridized carbons (Fsp3) is 0.167. The van der Waals surface area contributed by atoms with Gasteiger partial charge in [-0.3, -0.25) is 0 Å². The summed E-state index contributed by atoms with van der Waals surface area (Å²) in [5, 5.41) is 23.9. The van der Waals surface area contributed by atoms with Crippen LogP contribution in [0, 0.1) is 0 Å². The molecule has 0 aliphatic carbocycles. The van der Waals surface area contributed by atoms with Crippen LogP contribution in [0.3, 0.4) is 0 Å². The molecule has 0 aliphatic rings. The molecule has 0 aromatic carbocycles. The SMILES string of the molecule is Clc1cc(NCc2nn[nH]n2)c(Cl)nn1. The molecular formula is C6H5Cl2N7. The third kappa shape index (κ3) is 2.51. The Morgan fingerprint density at radius 1 is 1.27 bits per heavy atom. The van der Waals surface area contributed by atoms with Crippen molar-refractivity contribution >= 4 is 28.9 Å². The molecule has 0 unspecified atom stereocenters. The number of aromatic nitrogens is 6. The van der Waals surface area contributed by atoms with Crippen molar-refractivity contribution < 1.29 is 0 Å². The minimum Gasteiger partial charge on any atom is -0.375 e. The van der Waals surface area contributed by atoms with Crippen molar-refractivity contribution in [1.82, 2.24) is 30.8 Å². The first-order valence-corrected chi connectivity index (χ1v) is 4.66. The highest BCUT2D eigenvalue weighted by Crippen LogP contribution is 2.20. The largest absolute Gasteiger partial charge is 0.375 e. The van der Waals surface area contributed by atoms with E-state index in [1.54, 1.807) is 6.07 Å². The Kier molecular flexibility index (Phi) is 2.93. The Hall–Kier alpha value is -1.47. The van der Waals surface area contributed by atoms with Crippen molar-refractivity contribution in [3.05, 3.63) is 22.2 Å². The molecule has 2 rings (SSSR count). The Labute approximate surface area is 94.2 Å². The Morgan fingerprint density at radius 3 is 2.87 bits per heavy atom. The summed E-state index contributed by atoms with van der Waals surface area (Å²) in [6, 6.07) is 1.57. The maximum atomic E-state index is 5.78. The maximum absolute atomic E-state index is 5.78. The molecule has 2 aromatic heterocycles. The van der Waals surface area contributed by atoms with Gasteiger partial charge in [-0.05, 0) is 0 Å². The number of rotatable bonds is 3. The highest BCUT2D eigenvalue weighted by Gasteiger charge is 2.05. The van der Waals surface area contributed by atoms with Gasteiger partial charge in [-0.15, -0.1) is 20.4 Å². The number of hydrogen-bond acceptors (Lipinski definition) is 6. The standard InChI is InChI=1S/C6H5Cl2N7/c7-4-1-3(6(8)13-10-4)9-2-5-11-14-15-12-5/h1H,2H2,(H,9,10)(H,11,12,14,15). The molecule has 0 radical (unpaired) electrons. The second-order valence-electron chi connectivity index (χ2n) is 2.55. The number of tetrazole rings is 1. The van der Waals surface area contributed by atoms with E-state index < -0.39 is 0 Å². The van der Waals surface area contributed by atoms with Crippen LogP contribution >= 0.6 is 23.2 Å². The number of hydrogen-bond donors (Lipinski definition) is 2. The first-order valence-electron chi connectivity index (χ1n) is 3.90. The molecule has 0 atom stereocenters. The third-order valence-electron chi connectivity index (χ3n) is 1.55. The molecule has 2 heterocycles. The minimum atomic E-state index is 0.239. The van der Waals surface area contributed by atoms with Gasteiger partial charge in [0.2, 0.25) is 0 Å². The normalized spacial score (nSPS) is 10.3. The van der Waals surface area contributed by atoms with Gasteiger partial charge in [0, 0.05) is 6.07 Å². The van der Waals surface area contributed by atoms with Crippen LogP contribution in [0.4, 0.5) is 5.69 Å². The molecule has 0 spiro atoms. The molecule has 0 saturated heterocycles. The predicted molar refractivity (Wildman–Crippen MR) is 53.6 cm³/mol. The van der Waals surface area contributed by atoms with Crippen molar-refractivity contribution in [3.8, 4) is 0 Å². The molecule has 0 bridgehead atoms. The van der Waals surface area contributed by atoms with Crippen LogP contribution in [0.5, 0.6) is 0 Å². The van der Waals surface area contributed by atoms with Crippen LogP contribution < -0.4 is 5.32 Å². The number of H-pyrrole nitrogens is 1. The van der Waals surface area contributed by atoms with E-state index >= 15 is 0 Å². The summed E-state index contributed by atoms with van der Waals surface area (Å²) < 4.78 is 0. The topological polar surface area (TPSA) is 92.3 Å². The average molecular weight is 246 g/mol. The van der Waals surface area contributed by atoms with Gasteiger partial charge in [-0.25, -0.2) is 0 Å². The minimum absolute atomic E-state index is 0.239. The van der Waals surface area contributed by atoms with E-state index in [0.717, 1.165) is 0 Å². The van der Waals surface area contributed by atoms with Crippen LogP contribution in [0.25, 0.3) is 0 Å². The van der Waals surface area contributed by atoms with E-state index in [1.807, 2.05) is 0 Å². The van der Waals surface area contributed by atoms with Gasteiger partial charge in [0.1, 0.15) is 0 Å². The van der Waals surface area contributed by atoms with Crippen LogP contribution in [-0.2, 0) is 6.54 Å². The molecule has 2 N–H and O–H groups in total. The lowest BCUT2D eigenvalue weighted by atomic mass is 10.4. The van der Waals surface area contributed by atoms with Crippen molar-refractivity contribution in [2.75, 3.05) is 5.32 Å². The predicted octanol–water partition coefficient (Wildman–Crippen LogP) is 0.909. The summed E-state index contributed by atoms with van der Waals surface area (Å²) in [5.41, 5.74) is 0.571. The lowest BCUT2D eigenvalue weighted by Gasteiger charge is -2.04. The lowest BCUT2D eigenvalue weighted by Crippen LogP contribution is -2.03. The molecule has 0 aliphatic heterocycles. The summed E-state index contributed by atoms with van der Waals surface area (Å²) in [6.07, 6.45) is 0. The van der Waals surface area contributed by atoms with Crippen molar-refractivity contribution in [1.29, 1.82) is 0 Å². The van der Waals surface area contributed by atoms with Gasteiger partial charge in [0.25, 0.3) is 0 Å². The highest BCUT2D eigenvalue weighted by atomic mass is 35.5. The molecule has 2 aromatic rings.